The third-order valence-corrected chi connectivity index (χ3v) is 5.69. The topological polar surface area (TPSA) is 112 Å². The maximum atomic E-state index is 13.5. The number of nitrogens with zero attached hydrogens (tertiary/aromatic N) is 3. The van der Waals surface area contributed by atoms with E-state index >= 15 is 0 Å². The second-order valence-electron chi connectivity index (χ2n) is 6.56. The van der Waals surface area contributed by atoms with Crippen molar-refractivity contribution in [2.45, 2.75) is 17.9 Å². The fourth-order valence-corrected chi connectivity index (χ4v) is 3.84. The number of nitrogens with one attached hydrogen (secondary N) is 1. The molecule has 8 nitrogen and oxygen atoms in total. The minimum absolute atomic E-state index is 0.119. The molecule has 2 aromatic heterocycles. The zero-order valence-corrected chi connectivity index (χ0v) is 16.7. The number of hydrogen-bond acceptors (Lipinski definition) is 6. The van der Waals surface area contributed by atoms with Crippen LogP contribution in [0.1, 0.15) is 18.7 Å². The third-order valence-electron chi connectivity index (χ3n) is 4.37. The molecule has 0 radical (unpaired) electrons. The monoisotopic (exact) mass is 427 g/mol. The number of pyridine rings is 1. The van der Waals surface area contributed by atoms with E-state index in [1.807, 2.05) is 0 Å². The van der Waals surface area contributed by atoms with E-state index in [2.05, 4.69) is 14.9 Å². The Hall–Kier alpha value is -3.66. The highest BCUT2D eigenvalue weighted by Crippen LogP contribution is 2.29. The standard InChI is InChI=1S/C20H18FN5O3S/c1-13(29-19-12-14-11-15(21)7-8-18(14)23-20(19)22)17-9-10-26(24-17)25-30(27,28)16-5-3-2-4-6-16/h2-13,25H,1H3,(H2,22,23)/t13-/m0/s1. The molecule has 2 aromatic carbocycles. The lowest BCUT2D eigenvalue weighted by Crippen LogP contribution is -2.24. The van der Waals surface area contributed by atoms with E-state index in [9.17, 15) is 12.8 Å². The minimum Gasteiger partial charge on any atom is -0.480 e. The Labute approximate surface area is 172 Å². The van der Waals surface area contributed by atoms with Crippen LogP contribution in [0.5, 0.6) is 5.75 Å². The summed E-state index contributed by atoms with van der Waals surface area (Å²) in [5.41, 5.74) is 6.97. The number of ether oxygens (including phenoxy) is 1. The lowest BCUT2D eigenvalue weighted by molar-refractivity contribution is 0.222. The molecule has 0 saturated carbocycles. The number of aromatic nitrogens is 3. The number of rotatable bonds is 6. The van der Waals surface area contributed by atoms with Crippen LogP contribution in [0.15, 0.2) is 71.8 Å². The molecular weight excluding hydrogens is 409 g/mol. The molecule has 0 saturated heterocycles. The van der Waals surface area contributed by atoms with Crippen molar-refractivity contribution in [3.63, 3.8) is 0 Å². The molecule has 10 heteroatoms. The molecule has 4 rings (SSSR count). The molecule has 0 amide bonds. The second kappa shape index (κ2) is 7.64. The van der Waals surface area contributed by atoms with E-state index in [1.54, 1.807) is 37.3 Å². The molecule has 0 aliphatic rings. The van der Waals surface area contributed by atoms with Crippen LogP contribution in [0, 0.1) is 5.82 Å². The predicted octanol–water partition coefficient (Wildman–Crippen LogP) is 3.23. The fourth-order valence-electron chi connectivity index (χ4n) is 2.87. The average Bonchev–Trinajstić information content (AvgIpc) is 3.17. The minimum atomic E-state index is -3.78. The molecule has 0 fully saturated rings. The summed E-state index contributed by atoms with van der Waals surface area (Å²) < 4.78 is 44.2. The molecule has 1 atom stereocenters. The van der Waals surface area contributed by atoms with E-state index in [0.717, 1.165) is 4.79 Å². The van der Waals surface area contributed by atoms with Crippen LogP contribution >= 0.6 is 0 Å². The number of nitrogen functional groups attached to an aromatic ring is 1. The van der Waals surface area contributed by atoms with Crippen molar-refractivity contribution >= 4 is 26.7 Å². The summed E-state index contributed by atoms with van der Waals surface area (Å²) in [4.78, 5) is 7.79. The Bertz CT molecular complexity index is 1310. The summed E-state index contributed by atoms with van der Waals surface area (Å²) >= 11 is 0. The van der Waals surface area contributed by atoms with Gasteiger partial charge in [0.15, 0.2) is 11.6 Å². The number of anilines is 1. The van der Waals surface area contributed by atoms with Gasteiger partial charge < -0.3 is 10.5 Å². The fraction of sp³-hybridized carbons (Fsp3) is 0.100. The zero-order valence-electron chi connectivity index (χ0n) is 15.9. The maximum Gasteiger partial charge on any atom is 0.276 e. The summed E-state index contributed by atoms with van der Waals surface area (Å²) in [6.07, 6.45) is 0.898. The molecule has 0 aliphatic carbocycles. The molecule has 4 aromatic rings. The van der Waals surface area contributed by atoms with Crippen LogP contribution in [0.4, 0.5) is 10.2 Å². The maximum absolute atomic E-state index is 13.5. The molecular formula is C20H18FN5O3S. The van der Waals surface area contributed by atoms with Gasteiger partial charge in [-0.25, -0.2) is 14.2 Å². The Balaban J connectivity index is 1.53. The number of benzene rings is 2. The molecule has 0 aliphatic heterocycles. The van der Waals surface area contributed by atoms with E-state index < -0.39 is 21.9 Å². The summed E-state index contributed by atoms with van der Waals surface area (Å²) in [7, 11) is -3.78. The van der Waals surface area contributed by atoms with Gasteiger partial charge in [-0.2, -0.15) is 18.3 Å². The first-order valence-electron chi connectivity index (χ1n) is 8.98. The van der Waals surface area contributed by atoms with E-state index in [0.29, 0.717) is 16.6 Å². The smallest absolute Gasteiger partial charge is 0.276 e. The van der Waals surface area contributed by atoms with Gasteiger partial charge in [-0.1, -0.05) is 18.2 Å². The number of fused-ring (bicyclic) bond motifs is 1. The molecule has 0 spiro atoms. The van der Waals surface area contributed by atoms with Crippen LogP contribution in [-0.2, 0) is 10.0 Å². The van der Waals surface area contributed by atoms with E-state index in [1.165, 1.54) is 36.5 Å². The third kappa shape index (κ3) is 4.03. The Morgan fingerprint density at radius 2 is 1.90 bits per heavy atom. The van der Waals surface area contributed by atoms with Crippen molar-refractivity contribution in [3.05, 3.63) is 78.4 Å². The van der Waals surface area contributed by atoms with Gasteiger partial charge in [-0.3, -0.25) is 0 Å². The first-order chi connectivity index (χ1) is 14.3. The van der Waals surface area contributed by atoms with Gasteiger partial charge in [0.05, 0.1) is 16.6 Å². The SMILES string of the molecule is C[C@H](Oc1cc2cc(F)ccc2nc1N)c1ccn(NS(=O)(=O)c2ccccc2)n1. The quantitative estimate of drug-likeness (QED) is 0.489. The highest BCUT2D eigenvalue weighted by molar-refractivity contribution is 7.92. The highest BCUT2D eigenvalue weighted by Gasteiger charge is 2.17. The number of nitrogens with two attached hydrogens (primary N) is 1. The van der Waals surface area contributed by atoms with Crippen molar-refractivity contribution in [2.75, 3.05) is 10.6 Å². The van der Waals surface area contributed by atoms with E-state index in [4.69, 9.17) is 10.5 Å². The van der Waals surface area contributed by atoms with Gasteiger partial charge in [0.2, 0.25) is 0 Å². The van der Waals surface area contributed by atoms with Crippen molar-refractivity contribution in [2.24, 2.45) is 0 Å². The highest BCUT2D eigenvalue weighted by atomic mass is 32.2. The summed E-state index contributed by atoms with van der Waals surface area (Å²) in [6.45, 7) is 1.73. The van der Waals surface area contributed by atoms with Crippen molar-refractivity contribution < 1.29 is 17.5 Å². The predicted molar refractivity (Wildman–Crippen MR) is 110 cm³/mol. The number of halogens is 1. The van der Waals surface area contributed by atoms with Crippen molar-refractivity contribution in [1.82, 2.24) is 14.9 Å². The lowest BCUT2D eigenvalue weighted by Gasteiger charge is -2.15. The van der Waals surface area contributed by atoms with E-state index in [-0.39, 0.29) is 16.5 Å². The Morgan fingerprint density at radius 3 is 2.67 bits per heavy atom. The first kappa shape index (κ1) is 19.6. The Morgan fingerprint density at radius 1 is 1.13 bits per heavy atom. The van der Waals surface area contributed by atoms with Crippen molar-refractivity contribution in [1.29, 1.82) is 0 Å². The molecule has 0 unspecified atom stereocenters. The van der Waals surface area contributed by atoms with Gasteiger partial charge >= 0.3 is 0 Å². The molecule has 3 N–H and O–H groups in total. The first-order valence-corrected chi connectivity index (χ1v) is 10.5. The molecule has 0 bridgehead atoms. The van der Waals surface area contributed by atoms with Gasteiger partial charge in [0, 0.05) is 5.39 Å². The van der Waals surface area contributed by atoms with Crippen LogP contribution in [0.25, 0.3) is 10.9 Å². The van der Waals surface area contributed by atoms with Crippen molar-refractivity contribution in [3.8, 4) is 5.75 Å². The van der Waals surface area contributed by atoms with Gasteiger partial charge in [0.1, 0.15) is 17.6 Å². The largest absolute Gasteiger partial charge is 0.480 e. The number of hydrogen-bond donors (Lipinski definition) is 2. The normalized spacial score (nSPS) is 12.6. The average molecular weight is 427 g/mol. The van der Waals surface area contributed by atoms with Crippen LogP contribution in [0.2, 0.25) is 0 Å². The van der Waals surface area contributed by atoms with Crippen LogP contribution < -0.4 is 15.3 Å². The molecule has 30 heavy (non-hydrogen) atoms. The van der Waals surface area contributed by atoms with Crippen LogP contribution in [0.3, 0.4) is 0 Å². The zero-order chi connectivity index (χ0) is 21.3. The van der Waals surface area contributed by atoms with Gasteiger partial charge in [-0.15, -0.1) is 0 Å². The number of sulfonamides is 1. The summed E-state index contributed by atoms with van der Waals surface area (Å²) in [5.74, 6) is 0.0442. The van der Waals surface area contributed by atoms with Gasteiger partial charge in [-0.05, 0) is 49.4 Å². The second-order valence-corrected chi connectivity index (χ2v) is 8.22. The Kier molecular flexibility index (Phi) is 5.00. The summed E-state index contributed by atoms with van der Waals surface area (Å²) in [5, 5.41) is 4.75. The van der Waals surface area contributed by atoms with Gasteiger partial charge in [0.25, 0.3) is 10.0 Å². The molecule has 2 heterocycles. The summed E-state index contributed by atoms with van der Waals surface area (Å²) in [6, 6.07) is 15.4. The lowest BCUT2D eigenvalue weighted by atomic mass is 10.2. The van der Waals surface area contributed by atoms with Crippen LogP contribution in [-0.4, -0.2) is 23.3 Å². The molecule has 154 valence electrons.